The van der Waals surface area contributed by atoms with Gasteiger partial charge in [0.2, 0.25) is 5.95 Å². The van der Waals surface area contributed by atoms with Crippen molar-refractivity contribution in [3.63, 3.8) is 0 Å². The Balaban J connectivity index is 1.67. The molecular formula is C17H16FN5O2. The maximum atomic E-state index is 13.7. The molecular weight excluding hydrogens is 325 g/mol. The van der Waals surface area contributed by atoms with Gasteiger partial charge in [-0.05, 0) is 6.07 Å². The van der Waals surface area contributed by atoms with Gasteiger partial charge in [-0.25, -0.2) is 13.9 Å². The largest absolute Gasteiger partial charge is 0.493 e. The van der Waals surface area contributed by atoms with E-state index in [-0.39, 0.29) is 5.82 Å². The van der Waals surface area contributed by atoms with E-state index in [9.17, 15) is 4.39 Å². The van der Waals surface area contributed by atoms with E-state index < -0.39 is 0 Å². The predicted octanol–water partition coefficient (Wildman–Crippen LogP) is 2.98. The highest BCUT2D eigenvalue weighted by molar-refractivity contribution is 5.83. The molecule has 2 aromatic carbocycles. The van der Waals surface area contributed by atoms with Crippen LogP contribution in [0.3, 0.4) is 0 Å². The normalized spacial score (nSPS) is 11.2. The number of aromatic amines is 1. The number of imidazole rings is 1. The Kier molecular flexibility index (Phi) is 3.64. The van der Waals surface area contributed by atoms with Gasteiger partial charge in [0, 0.05) is 24.2 Å². The van der Waals surface area contributed by atoms with Gasteiger partial charge in [-0.2, -0.15) is 4.98 Å². The summed E-state index contributed by atoms with van der Waals surface area (Å²) >= 11 is 0. The number of hydrogen-bond acceptors (Lipinski definition) is 5. The monoisotopic (exact) mass is 341 g/mol. The summed E-state index contributed by atoms with van der Waals surface area (Å²) in [4.78, 5) is 8.85. The van der Waals surface area contributed by atoms with Gasteiger partial charge in [0.15, 0.2) is 11.5 Å². The van der Waals surface area contributed by atoms with Crippen LogP contribution in [0.1, 0.15) is 5.56 Å². The predicted molar refractivity (Wildman–Crippen MR) is 91.7 cm³/mol. The van der Waals surface area contributed by atoms with E-state index in [2.05, 4.69) is 20.4 Å². The van der Waals surface area contributed by atoms with Crippen molar-refractivity contribution < 1.29 is 13.9 Å². The molecule has 25 heavy (non-hydrogen) atoms. The molecule has 0 aliphatic heterocycles. The molecule has 2 heterocycles. The Labute approximate surface area is 142 Å². The van der Waals surface area contributed by atoms with Gasteiger partial charge in [-0.3, -0.25) is 5.10 Å². The zero-order chi connectivity index (χ0) is 17.4. The molecule has 0 saturated carbocycles. The number of ether oxygens (including phenoxy) is 2. The number of anilines is 1. The topological polar surface area (TPSA) is 76.5 Å². The van der Waals surface area contributed by atoms with Gasteiger partial charge in [0.25, 0.3) is 5.78 Å². The highest BCUT2D eigenvalue weighted by Gasteiger charge is 2.14. The maximum Gasteiger partial charge on any atom is 0.253 e. The molecule has 0 fully saturated rings. The zero-order valence-electron chi connectivity index (χ0n) is 13.7. The van der Waals surface area contributed by atoms with Crippen LogP contribution in [0.15, 0.2) is 36.4 Å². The van der Waals surface area contributed by atoms with E-state index in [0.717, 1.165) is 11.0 Å². The second kappa shape index (κ2) is 5.97. The molecule has 0 saturated heterocycles. The molecule has 0 atom stereocenters. The standard InChI is InChI=1S/C17H16FN5O2/c1-24-14-7-12-13(8-15(14)25-2)23-17(20-12)21-16(22-23)19-9-10-5-3-4-6-11(10)18/h3-8H,9H2,1-2H3,(H2,19,20,21,22). The summed E-state index contributed by atoms with van der Waals surface area (Å²) in [5.41, 5.74) is 2.10. The Hall–Kier alpha value is -3.29. The molecule has 7 nitrogen and oxygen atoms in total. The number of H-pyrrole nitrogens is 1. The van der Waals surface area contributed by atoms with Crippen molar-refractivity contribution in [2.45, 2.75) is 6.54 Å². The smallest absolute Gasteiger partial charge is 0.253 e. The second-order valence-electron chi connectivity index (χ2n) is 5.46. The fraction of sp³-hybridized carbons (Fsp3) is 0.176. The summed E-state index contributed by atoms with van der Waals surface area (Å²) in [7, 11) is 3.16. The van der Waals surface area contributed by atoms with Gasteiger partial charge in [-0.15, -0.1) is 0 Å². The van der Waals surface area contributed by atoms with Crippen LogP contribution in [-0.4, -0.2) is 33.8 Å². The number of halogens is 1. The van der Waals surface area contributed by atoms with Crippen LogP contribution in [-0.2, 0) is 6.54 Å². The van der Waals surface area contributed by atoms with E-state index in [1.807, 2.05) is 6.07 Å². The van der Waals surface area contributed by atoms with Crippen molar-refractivity contribution in [2.24, 2.45) is 0 Å². The average Bonchev–Trinajstić information content (AvgIpc) is 3.16. The SMILES string of the molecule is COc1cc2nc3nc(NCc4ccccc4F)[nH]n3c2cc1OC. The molecule has 2 aromatic heterocycles. The lowest BCUT2D eigenvalue weighted by Gasteiger charge is -2.06. The first-order chi connectivity index (χ1) is 12.2. The highest BCUT2D eigenvalue weighted by atomic mass is 19.1. The van der Waals surface area contributed by atoms with Crippen LogP contribution < -0.4 is 14.8 Å². The Morgan fingerprint density at radius 1 is 1.12 bits per heavy atom. The van der Waals surface area contributed by atoms with Gasteiger partial charge in [0.1, 0.15) is 5.82 Å². The molecule has 0 bridgehead atoms. The Bertz CT molecular complexity index is 1060. The fourth-order valence-corrected chi connectivity index (χ4v) is 2.71. The van der Waals surface area contributed by atoms with Crippen molar-refractivity contribution in [2.75, 3.05) is 19.5 Å². The lowest BCUT2D eigenvalue weighted by molar-refractivity contribution is 0.355. The third-order valence-corrected chi connectivity index (χ3v) is 3.98. The highest BCUT2D eigenvalue weighted by Crippen LogP contribution is 2.32. The summed E-state index contributed by atoms with van der Waals surface area (Å²) in [5.74, 6) is 1.96. The van der Waals surface area contributed by atoms with E-state index in [1.54, 1.807) is 43.0 Å². The van der Waals surface area contributed by atoms with Crippen molar-refractivity contribution in [3.05, 3.63) is 47.8 Å². The molecule has 0 radical (unpaired) electrons. The van der Waals surface area contributed by atoms with Crippen molar-refractivity contribution in [1.82, 2.24) is 19.6 Å². The average molecular weight is 341 g/mol. The molecule has 0 aliphatic carbocycles. The lowest BCUT2D eigenvalue weighted by Crippen LogP contribution is -2.03. The van der Waals surface area contributed by atoms with E-state index in [0.29, 0.717) is 35.3 Å². The lowest BCUT2D eigenvalue weighted by atomic mass is 10.2. The maximum absolute atomic E-state index is 13.7. The minimum atomic E-state index is -0.256. The van der Waals surface area contributed by atoms with Crippen LogP contribution in [0.5, 0.6) is 11.5 Å². The van der Waals surface area contributed by atoms with Crippen LogP contribution >= 0.6 is 0 Å². The number of nitrogens with zero attached hydrogens (tertiary/aromatic N) is 3. The molecule has 8 heteroatoms. The van der Waals surface area contributed by atoms with Crippen LogP contribution in [0.4, 0.5) is 10.3 Å². The quantitative estimate of drug-likeness (QED) is 0.584. The van der Waals surface area contributed by atoms with Crippen molar-refractivity contribution in [1.29, 1.82) is 0 Å². The van der Waals surface area contributed by atoms with E-state index in [1.165, 1.54) is 6.07 Å². The third-order valence-electron chi connectivity index (χ3n) is 3.98. The number of methoxy groups -OCH3 is 2. The fourth-order valence-electron chi connectivity index (χ4n) is 2.71. The molecule has 0 amide bonds. The first kappa shape index (κ1) is 15.3. The minimum Gasteiger partial charge on any atom is -0.493 e. The summed E-state index contributed by atoms with van der Waals surface area (Å²) < 4.78 is 26.0. The first-order valence-corrected chi connectivity index (χ1v) is 7.67. The summed E-state index contributed by atoms with van der Waals surface area (Å²) in [6, 6.07) is 10.2. The number of benzene rings is 2. The molecule has 0 unspecified atom stereocenters. The van der Waals surface area contributed by atoms with Gasteiger partial charge >= 0.3 is 0 Å². The number of rotatable bonds is 5. The minimum absolute atomic E-state index is 0.256. The van der Waals surface area contributed by atoms with Crippen LogP contribution in [0.25, 0.3) is 16.8 Å². The molecule has 0 aliphatic rings. The summed E-state index contributed by atoms with van der Waals surface area (Å²) in [5, 5.41) is 6.18. The molecule has 4 aromatic rings. The summed E-state index contributed by atoms with van der Waals surface area (Å²) in [6.07, 6.45) is 0. The number of nitrogens with one attached hydrogen (secondary N) is 2. The van der Waals surface area contributed by atoms with E-state index in [4.69, 9.17) is 9.47 Å². The van der Waals surface area contributed by atoms with E-state index >= 15 is 0 Å². The van der Waals surface area contributed by atoms with Crippen molar-refractivity contribution in [3.8, 4) is 11.5 Å². The first-order valence-electron chi connectivity index (χ1n) is 7.67. The van der Waals surface area contributed by atoms with Gasteiger partial charge in [0.05, 0.1) is 25.3 Å². The Morgan fingerprint density at radius 2 is 1.88 bits per heavy atom. The zero-order valence-corrected chi connectivity index (χ0v) is 13.7. The molecule has 128 valence electrons. The molecule has 0 spiro atoms. The van der Waals surface area contributed by atoms with Crippen LogP contribution in [0, 0.1) is 5.82 Å². The van der Waals surface area contributed by atoms with Crippen LogP contribution in [0.2, 0.25) is 0 Å². The molecule has 2 N–H and O–H groups in total. The van der Waals surface area contributed by atoms with Gasteiger partial charge in [-0.1, -0.05) is 18.2 Å². The molecule has 4 rings (SSSR count). The second-order valence-corrected chi connectivity index (χ2v) is 5.46. The Morgan fingerprint density at radius 3 is 2.64 bits per heavy atom. The summed E-state index contributed by atoms with van der Waals surface area (Å²) in [6.45, 7) is 0.318. The van der Waals surface area contributed by atoms with Gasteiger partial charge < -0.3 is 14.8 Å². The van der Waals surface area contributed by atoms with Crippen molar-refractivity contribution >= 4 is 22.8 Å². The number of aromatic nitrogens is 4. The number of fused-ring (bicyclic) bond motifs is 3. The third kappa shape index (κ3) is 2.61. The number of hydrogen-bond donors (Lipinski definition) is 2.